The van der Waals surface area contributed by atoms with Crippen LogP contribution in [-0.4, -0.2) is 28.5 Å². The summed E-state index contributed by atoms with van der Waals surface area (Å²) in [4.78, 5) is 4.41. The summed E-state index contributed by atoms with van der Waals surface area (Å²) in [5.41, 5.74) is 1.06. The predicted molar refractivity (Wildman–Crippen MR) is 68.0 cm³/mol. The van der Waals surface area contributed by atoms with Crippen molar-refractivity contribution in [3.8, 4) is 5.75 Å². The van der Waals surface area contributed by atoms with Crippen LogP contribution in [0.4, 0.5) is 0 Å². The second-order valence-corrected chi connectivity index (χ2v) is 4.78. The van der Waals surface area contributed by atoms with Crippen LogP contribution in [0.1, 0.15) is 29.6 Å². The van der Waals surface area contributed by atoms with Crippen molar-refractivity contribution in [3.05, 3.63) is 41.5 Å². The maximum atomic E-state index is 9.39. The Kier molecular flexibility index (Phi) is 3.46. The predicted octanol–water partition coefficient (Wildman–Crippen LogP) is 2.06. The van der Waals surface area contributed by atoms with E-state index in [1.807, 2.05) is 12.1 Å². The number of hydrogen-bond donors (Lipinski definition) is 1. The number of phenolic OH excluding ortho intramolecular Hbond substituents is 1. The van der Waals surface area contributed by atoms with Crippen molar-refractivity contribution in [3.63, 3.8) is 0 Å². The third kappa shape index (κ3) is 2.93. The first-order valence-corrected chi connectivity index (χ1v) is 6.49. The molecule has 1 saturated heterocycles. The molecule has 0 aliphatic carbocycles. The summed E-state index contributed by atoms with van der Waals surface area (Å²) in [5, 5.41) is 13.4. The van der Waals surface area contributed by atoms with Crippen molar-refractivity contribution >= 4 is 0 Å². The van der Waals surface area contributed by atoms with Crippen LogP contribution in [0.5, 0.6) is 5.75 Å². The maximum Gasteiger partial charge on any atom is 0.226 e. The Balaban J connectivity index is 1.61. The number of aromatic hydroxyl groups is 1. The molecule has 2 heterocycles. The standard InChI is InChI=1S/C14H16N2O3/c17-12-3-1-2-10(8-12)4-5-13-15-14(16-19-13)11-6-7-18-9-11/h1-3,8,11,17H,4-7,9H2. The molecule has 0 amide bonds. The van der Waals surface area contributed by atoms with Crippen LogP contribution in [0, 0.1) is 0 Å². The molecule has 1 fully saturated rings. The van der Waals surface area contributed by atoms with Crippen LogP contribution >= 0.6 is 0 Å². The van der Waals surface area contributed by atoms with Crippen molar-refractivity contribution in [1.82, 2.24) is 10.1 Å². The molecule has 0 radical (unpaired) electrons. The number of ether oxygens (including phenoxy) is 1. The molecule has 100 valence electrons. The first-order chi connectivity index (χ1) is 9.31. The molecule has 0 saturated carbocycles. The van der Waals surface area contributed by atoms with E-state index in [1.54, 1.807) is 12.1 Å². The van der Waals surface area contributed by atoms with E-state index in [4.69, 9.17) is 9.26 Å². The first-order valence-electron chi connectivity index (χ1n) is 6.49. The third-order valence-corrected chi connectivity index (χ3v) is 3.32. The maximum absolute atomic E-state index is 9.39. The van der Waals surface area contributed by atoms with Crippen molar-refractivity contribution in [2.45, 2.75) is 25.2 Å². The number of aryl methyl sites for hydroxylation is 2. The average molecular weight is 260 g/mol. The van der Waals surface area contributed by atoms with E-state index >= 15 is 0 Å². The number of nitrogens with zero attached hydrogens (tertiary/aromatic N) is 2. The highest BCUT2D eigenvalue weighted by atomic mass is 16.5. The van der Waals surface area contributed by atoms with Crippen molar-refractivity contribution < 1.29 is 14.4 Å². The Labute approximate surface area is 111 Å². The van der Waals surface area contributed by atoms with Gasteiger partial charge in [-0.05, 0) is 30.5 Å². The molecule has 1 unspecified atom stereocenters. The van der Waals surface area contributed by atoms with E-state index in [2.05, 4.69) is 10.1 Å². The van der Waals surface area contributed by atoms with Gasteiger partial charge in [0.05, 0.1) is 6.61 Å². The van der Waals surface area contributed by atoms with Crippen LogP contribution in [0.15, 0.2) is 28.8 Å². The van der Waals surface area contributed by atoms with E-state index in [-0.39, 0.29) is 11.7 Å². The molecular weight excluding hydrogens is 244 g/mol. The highest BCUT2D eigenvalue weighted by Crippen LogP contribution is 2.22. The second-order valence-electron chi connectivity index (χ2n) is 4.78. The van der Waals surface area contributed by atoms with E-state index < -0.39 is 0 Å². The zero-order valence-corrected chi connectivity index (χ0v) is 10.6. The van der Waals surface area contributed by atoms with Crippen molar-refractivity contribution in [2.75, 3.05) is 13.2 Å². The largest absolute Gasteiger partial charge is 0.508 e. The summed E-state index contributed by atoms with van der Waals surface area (Å²) in [6.45, 7) is 1.46. The van der Waals surface area contributed by atoms with Gasteiger partial charge in [-0.2, -0.15) is 4.98 Å². The summed E-state index contributed by atoms with van der Waals surface area (Å²) in [6.07, 6.45) is 2.42. The molecular formula is C14H16N2O3. The van der Waals surface area contributed by atoms with Gasteiger partial charge in [-0.25, -0.2) is 0 Å². The van der Waals surface area contributed by atoms with Gasteiger partial charge in [-0.1, -0.05) is 17.3 Å². The molecule has 3 rings (SSSR count). The molecule has 2 aromatic rings. The van der Waals surface area contributed by atoms with Gasteiger partial charge in [-0.15, -0.1) is 0 Å². The van der Waals surface area contributed by atoms with Gasteiger partial charge in [0, 0.05) is 18.9 Å². The lowest BCUT2D eigenvalue weighted by Crippen LogP contribution is -2.00. The molecule has 1 aromatic carbocycles. The van der Waals surface area contributed by atoms with Crippen LogP contribution in [-0.2, 0) is 17.6 Å². The fraction of sp³-hybridized carbons (Fsp3) is 0.429. The van der Waals surface area contributed by atoms with Gasteiger partial charge in [-0.3, -0.25) is 0 Å². The molecule has 5 nitrogen and oxygen atoms in total. The minimum absolute atomic E-state index is 0.276. The molecule has 1 atom stereocenters. The third-order valence-electron chi connectivity index (χ3n) is 3.32. The average Bonchev–Trinajstić information content (AvgIpc) is 3.07. The molecule has 1 N–H and O–H groups in total. The fourth-order valence-corrected chi connectivity index (χ4v) is 2.24. The zero-order chi connectivity index (χ0) is 13.1. The Morgan fingerprint density at radius 3 is 3.05 bits per heavy atom. The second kappa shape index (κ2) is 5.40. The van der Waals surface area contributed by atoms with Crippen molar-refractivity contribution in [2.24, 2.45) is 0 Å². The number of aromatic nitrogens is 2. The van der Waals surface area contributed by atoms with E-state index in [0.717, 1.165) is 30.8 Å². The van der Waals surface area contributed by atoms with E-state index in [1.165, 1.54) is 0 Å². The fourth-order valence-electron chi connectivity index (χ4n) is 2.24. The zero-order valence-electron chi connectivity index (χ0n) is 10.6. The first kappa shape index (κ1) is 12.2. The van der Waals surface area contributed by atoms with Crippen molar-refractivity contribution in [1.29, 1.82) is 0 Å². The molecule has 0 bridgehead atoms. The monoisotopic (exact) mass is 260 g/mol. The Morgan fingerprint density at radius 2 is 2.26 bits per heavy atom. The van der Waals surface area contributed by atoms with Gasteiger partial charge in [0.1, 0.15) is 5.75 Å². The summed E-state index contributed by atoms with van der Waals surface area (Å²) < 4.78 is 10.6. The highest BCUT2D eigenvalue weighted by molar-refractivity contribution is 5.27. The van der Waals surface area contributed by atoms with Gasteiger partial charge in [0.15, 0.2) is 5.82 Å². The number of hydrogen-bond acceptors (Lipinski definition) is 5. The molecule has 5 heteroatoms. The van der Waals surface area contributed by atoms with Crippen LogP contribution in [0.2, 0.25) is 0 Å². The Morgan fingerprint density at radius 1 is 1.32 bits per heavy atom. The summed E-state index contributed by atoms with van der Waals surface area (Å²) in [7, 11) is 0. The normalized spacial score (nSPS) is 18.8. The van der Waals surface area contributed by atoms with Crippen LogP contribution < -0.4 is 0 Å². The number of rotatable bonds is 4. The summed E-state index contributed by atoms with van der Waals surface area (Å²) in [6, 6.07) is 7.22. The summed E-state index contributed by atoms with van der Waals surface area (Å²) >= 11 is 0. The van der Waals surface area contributed by atoms with Crippen LogP contribution in [0.25, 0.3) is 0 Å². The minimum Gasteiger partial charge on any atom is -0.508 e. The molecule has 1 aliphatic heterocycles. The van der Waals surface area contributed by atoms with E-state index in [0.29, 0.717) is 18.9 Å². The van der Waals surface area contributed by atoms with Gasteiger partial charge in [0.2, 0.25) is 5.89 Å². The smallest absolute Gasteiger partial charge is 0.226 e. The Bertz CT molecular complexity index is 547. The SMILES string of the molecule is Oc1cccc(CCc2nc(C3CCOC3)no2)c1. The minimum atomic E-state index is 0.276. The van der Waals surface area contributed by atoms with Crippen LogP contribution in [0.3, 0.4) is 0 Å². The Hall–Kier alpha value is -1.88. The lowest BCUT2D eigenvalue weighted by molar-refractivity contribution is 0.192. The quantitative estimate of drug-likeness (QED) is 0.911. The lowest BCUT2D eigenvalue weighted by atomic mass is 10.1. The molecule has 0 spiro atoms. The topological polar surface area (TPSA) is 68.4 Å². The van der Waals surface area contributed by atoms with Gasteiger partial charge in [0.25, 0.3) is 0 Å². The molecule has 19 heavy (non-hydrogen) atoms. The molecule has 1 aromatic heterocycles. The van der Waals surface area contributed by atoms with E-state index in [9.17, 15) is 5.11 Å². The number of benzene rings is 1. The lowest BCUT2D eigenvalue weighted by Gasteiger charge is -1.99. The van der Waals surface area contributed by atoms with Gasteiger partial charge < -0.3 is 14.4 Å². The molecule has 1 aliphatic rings. The summed E-state index contributed by atoms with van der Waals surface area (Å²) in [5.74, 6) is 1.96. The number of phenols is 1. The highest BCUT2D eigenvalue weighted by Gasteiger charge is 2.22. The van der Waals surface area contributed by atoms with Gasteiger partial charge >= 0.3 is 0 Å².